The quantitative estimate of drug-likeness (QED) is 0.337. The van der Waals surface area contributed by atoms with Gasteiger partial charge in [0.25, 0.3) is 5.91 Å². The van der Waals surface area contributed by atoms with Crippen LogP contribution in [0.3, 0.4) is 0 Å². The average Bonchev–Trinajstić information content (AvgIpc) is 3.12. The molecule has 0 unspecified atom stereocenters. The molecule has 2 aromatic carbocycles. The summed E-state index contributed by atoms with van der Waals surface area (Å²) < 4.78 is 12.4. The predicted octanol–water partition coefficient (Wildman–Crippen LogP) is 4.97. The summed E-state index contributed by atoms with van der Waals surface area (Å²) in [6.45, 7) is 6.16. The van der Waals surface area contributed by atoms with Crippen molar-refractivity contribution in [1.82, 2.24) is 15.1 Å². The molecule has 0 atom stereocenters. The van der Waals surface area contributed by atoms with Crippen LogP contribution in [0.2, 0.25) is 5.02 Å². The number of amides is 1. The second-order valence-electron chi connectivity index (χ2n) is 8.33. The number of aryl methyl sites for hydroxylation is 1. The summed E-state index contributed by atoms with van der Waals surface area (Å²) in [5.74, 6) is -0.487. The second kappa shape index (κ2) is 10.4. The van der Waals surface area contributed by atoms with Crippen molar-refractivity contribution >= 4 is 46.0 Å². The molecule has 3 aromatic rings. The Morgan fingerprint density at radius 2 is 1.85 bits per heavy atom. The standard InChI is InChI=1S/C24H27Cl2N3O4/c1-5-10-32-20-9-7-15(11-18(20)26)16-6-8-17-19(12-16)29(4)28-22(17)23(31)27-24(2,3)14-33-21(30)13-25/h6-9,11-12H,5,10,13-14H2,1-4H3,(H,27,31). The first-order valence-corrected chi connectivity index (χ1v) is 11.5. The lowest BCUT2D eigenvalue weighted by Crippen LogP contribution is -2.47. The first-order chi connectivity index (χ1) is 15.6. The molecule has 0 spiro atoms. The highest BCUT2D eigenvalue weighted by molar-refractivity contribution is 6.32. The van der Waals surface area contributed by atoms with Crippen LogP contribution in [0.15, 0.2) is 36.4 Å². The van der Waals surface area contributed by atoms with E-state index >= 15 is 0 Å². The molecule has 0 saturated heterocycles. The molecule has 1 aromatic heterocycles. The highest BCUT2D eigenvalue weighted by atomic mass is 35.5. The topological polar surface area (TPSA) is 82.4 Å². The molecule has 0 bridgehead atoms. The number of esters is 1. The van der Waals surface area contributed by atoms with E-state index in [2.05, 4.69) is 10.4 Å². The molecule has 1 amide bonds. The van der Waals surface area contributed by atoms with Gasteiger partial charge in [0, 0.05) is 12.4 Å². The van der Waals surface area contributed by atoms with E-state index in [1.807, 2.05) is 43.3 Å². The van der Waals surface area contributed by atoms with Gasteiger partial charge in [-0.1, -0.05) is 30.7 Å². The minimum Gasteiger partial charge on any atom is -0.492 e. The van der Waals surface area contributed by atoms with Gasteiger partial charge in [-0.3, -0.25) is 14.3 Å². The third kappa shape index (κ3) is 5.97. The summed E-state index contributed by atoms with van der Waals surface area (Å²) in [7, 11) is 1.78. The number of fused-ring (bicyclic) bond motifs is 1. The van der Waals surface area contributed by atoms with E-state index in [9.17, 15) is 9.59 Å². The van der Waals surface area contributed by atoms with E-state index in [1.54, 1.807) is 25.6 Å². The van der Waals surface area contributed by atoms with E-state index in [0.717, 1.165) is 23.1 Å². The Balaban J connectivity index is 1.84. The second-order valence-corrected chi connectivity index (χ2v) is 9.00. The number of carbonyl (C=O) groups is 2. The molecule has 0 aliphatic carbocycles. The summed E-state index contributed by atoms with van der Waals surface area (Å²) in [6.07, 6.45) is 0.904. The first-order valence-electron chi connectivity index (χ1n) is 10.6. The fourth-order valence-corrected chi connectivity index (χ4v) is 3.63. The number of nitrogens with zero attached hydrogens (tertiary/aromatic N) is 2. The number of ether oxygens (including phenoxy) is 2. The van der Waals surface area contributed by atoms with Crippen LogP contribution < -0.4 is 10.1 Å². The van der Waals surface area contributed by atoms with Crippen LogP contribution in [-0.4, -0.2) is 46.3 Å². The average molecular weight is 492 g/mol. The van der Waals surface area contributed by atoms with Crippen molar-refractivity contribution < 1.29 is 19.1 Å². The van der Waals surface area contributed by atoms with Crippen LogP contribution in [0.5, 0.6) is 5.75 Å². The maximum atomic E-state index is 12.9. The fourth-order valence-electron chi connectivity index (χ4n) is 3.32. The smallest absolute Gasteiger partial charge is 0.320 e. The Morgan fingerprint density at radius 1 is 1.15 bits per heavy atom. The summed E-state index contributed by atoms with van der Waals surface area (Å²) in [4.78, 5) is 24.3. The summed E-state index contributed by atoms with van der Waals surface area (Å²) in [6, 6.07) is 11.4. The lowest BCUT2D eigenvalue weighted by molar-refractivity contribution is -0.142. The summed E-state index contributed by atoms with van der Waals surface area (Å²) in [5, 5.41) is 8.54. The van der Waals surface area contributed by atoms with Crippen LogP contribution in [0.1, 0.15) is 37.7 Å². The Hall–Kier alpha value is -2.77. The van der Waals surface area contributed by atoms with Crippen LogP contribution >= 0.6 is 23.2 Å². The van der Waals surface area contributed by atoms with Crippen LogP contribution in [-0.2, 0) is 16.6 Å². The molecule has 0 aliphatic rings. The number of nitrogens with one attached hydrogen (secondary N) is 1. The highest BCUT2D eigenvalue weighted by Gasteiger charge is 2.26. The van der Waals surface area contributed by atoms with Gasteiger partial charge in [-0.2, -0.15) is 5.10 Å². The van der Waals surface area contributed by atoms with Crippen LogP contribution in [0, 0.1) is 0 Å². The minimum absolute atomic E-state index is 0.00205. The van der Waals surface area contributed by atoms with Gasteiger partial charge in [-0.05, 0) is 55.7 Å². The van der Waals surface area contributed by atoms with E-state index in [0.29, 0.717) is 22.8 Å². The largest absolute Gasteiger partial charge is 0.492 e. The molecule has 0 saturated carbocycles. The van der Waals surface area contributed by atoms with E-state index < -0.39 is 11.5 Å². The molecule has 176 valence electrons. The number of rotatable bonds is 9. The monoisotopic (exact) mass is 491 g/mol. The molecule has 3 rings (SSSR count). The van der Waals surface area contributed by atoms with Crippen molar-refractivity contribution in [3.8, 4) is 16.9 Å². The molecule has 0 radical (unpaired) electrons. The predicted molar refractivity (Wildman–Crippen MR) is 130 cm³/mol. The van der Waals surface area contributed by atoms with Gasteiger partial charge in [0.15, 0.2) is 5.69 Å². The number of aromatic nitrogens is 2. The number of alkyl halides is 1. The third-order valence-electron chi connectivity index (χ3n) is 4.95. The first kappa shape index (κ1) is 24.9. The third-order valence-corrected chi connectivity index (χ3v) is 5.46. The molecule has 33 heavy (non-hydrogen) atoms. The zero-order chi connectivity index (χ0) is 24.2. The normalized spacial score (nSPS) is 11.5. The zero-order valence-corrected chi connectivity index (χ0v) is 20.6. The van der Waals surface area contributed by atoms with Gasteiger partial charge in [0.05, 0.1) is 22.7 Å². The Bertz CT molecular complexity index is 1170. The van der Waals surface area contributed by atoms with Gasteiger partial charge < -0.3 is 14.8 Å². The Morgan fingerprint density at radius 3 is 2.52 bits per heavy atom. The van der Waals surface area contributed by atoms with Crippen LogP contribution in [0.4, 0.5) is 0 Å². The number of carbonyl (C=O) groups excluding carboxylic acids is 2. The molecule has 1 heterocycles. The van der Waals surface area contributed by atoms with Gasteiger partial charge in [0.1, 0.15) is 18.2 Å². The number of benzene rings is 2. The molecule has 0 aliphatic heterocycles. The van der Waals surface area contributed by atoms with Crippen molar-refractivity contribution in [3.05, 3.63) is 47.1 Å². The van der Waals surface area contributed by atoms with E-state index in [1.165, 1.54) is 0 Å². The SMILES string of the molecule is CCCOc1ccc(-c2ccc3c(C(=O)NC(C)(C)COC(=O)CCl)nn(C)c3c2)cc1Cl. The summed E-state index contributed by atoms with van der Waals surface area (Å²) in [5.41, 5.74) is 2.17. The van der Waals surface area contributed by atoms with Crippen molar-refractivity contribution in [2.75, 3.05) is 19.1 Å². The molecule has 1 N–H and O–H groups in total. The molecular formula is C24H27Cl2N3O4. The Labute approximate surface area is 202 Å². The van der Waals surface area contributed by atoms with Gasteiger partial charge >= 0.3 is 5.97 Å². The van der Waals surface area contributed by atoms with Gasteiger partial charge in [0.2, 0.25) is 0 Å². The van der Waals surface area contributed by atoms with Gasteiger partial charge in [-0.15, -0.1) is 11.6 Å². The number of hydrogen-bond donors (Lipinski definition) is 1. The number of halogens is 2. The zero-order valence-electron chi connectivity index (χ0n) is 19.1. The van der Waals surface area contributed by atoms with Gasteiger partial charge in [-0.25, -0.2) is 0 Å². The van der Waals surface area contributed by atoms with Crippen molar-refractivity contribution in [3.63, 3.8) is 0 Å². The number of hydrogen-bond acceptors (Lipinski definition) is 5. The van der Waals surface area contributed by atoms with Crippen LogP contribution in [0.25, 0.3) is 22.0 Å². The molecule has 9 heteroatoms. The maximum absolute atomic E-state index is 12.9. The lowest BCUT2D eigenvalue weighted by Gasteiger charge is -2.25. The molecular weight excluding hydrogens is 465 g/mol. The Kier molecular flexibility index (Phi) is 7.87. The van der Waals surface area contributed by atoms with E-state index in [4.69, 9.17) is 32.7 Å². The highest BCUT2D eigenvalue weighted by Crippen LogP contribution is 2.32. The lowest BCUT2D eigenvalue weighted by atomic mass is 10.0. The van der Waals surface area contributed by atoms with Crippen molar-refractivity contribution in [2.24, 2.45) is 7.05 Å². The maximum Gasteiger partial charge on any atom is 0.320 e. The fraction of sp³-hybridized carbons (Fsp3) is 0.375. The van der Waals surface area contributed by atoms with Crippen molar-refractivity contribution in [1.29, 1.82) is 0 Å². The molecule has 0 fully saturated rings. The van der Waals surface area contributed by atoms with Crippen molar-refractivity contribution in [2.45, 2.75) is 32.7 Å². The minimum atomic E-state index is -0.791. The molecule has 7 nitrogen and oxygen atoms in total. The summed E-state index contributed by atoms with van der Waals surface area (Å²) >= 11 is 11.8. The van der Waals surface area contributed by atoms with E-state index in [-0.39, 0.29) is 24.1 Å².